The molecule has 0 aliphatic carbocycles. The predicted octanol–water partition coefficient (Wildman–Crippen LogP) is 3.73. The summed E-state index contributed by atoms with van der Waals surface area (Å²) in [6.07, 6.45) is 3.02. The van der Waals surface area contributed by atoms with Crippen LogP contribution in [0.2, 0.25) is 0 Å². The van der Waals surface area contributed by atoms with Gasteiger partial charge in [0.2, 0.25) is 5.91 Å². The third-order valence-corrected chi connectivity index (χ3v) is 6.92. The highest BCUT2D eigenvalue weighted by Gasteiger charge is 2.36. The molecule has 0 spiro atoms. The maximum absolute atomic E-state index is 12.8. The van der Waals surface area contributed by atoms with Crippen molar-refractivity contribution >= 4 is 5.91 Å². The highest BCUT2D eigenvalue weighted by molar-refractivity contribution is 5.78. The lowest BCUT2D eigenvalue weighted by Gasteiger charge is -2.38. The van der Waals surface area contributed by atoms with E-state index < -0.39 is 0 Å². The van der Waals surface area contributed by atoms with Crippen LogP contribution in [-0.2, 0) is 14.9 Å². The molecule has 1 amide bonds. The third kappa shape index (κ3) is 4.54. The highest BCUT2D eigenvalue weighted by atomic mass is 16.5. The van der Waals surface area contributed by atoms with E-state index in [0.717, 1.165) is 39.0 Å². The average Bonchev–Trinajstić information content (AvgIpc) is 3.14. The zero-order valence-corrected chi connectivity index (χ0v) is 17.3. The van der Waals surface area contributed by atoms with E-state index in [2.05, 4.69) is 71.7 Å². The van der Waals surface area contributed by atoms with E-state index in [9.17, 15) is 4.79 Å². The van der Waals surface area contributed by atoms with Gasteiger partial charge in [-0.05, 0) is 43.9 Å². The van der Waals surface area contributed by atoms with Crippen LogP contribution in [0.5, 0.6) is 0 Å². The van der Waals surface area contributed by atoms with E-state index in [1.54, 1.807) is 0 Å². The van der Waals surface area contributed by atoms with Crippen LogP contribution in [0.3, 0.4) is 0 Å². The van der Waals surface area contributed by atoms with Crippen LogP contribution < -0.4 is 5.32 Å². The summed E-state index contributed by atoms with van der Waals surface area (Å²) in [5, 5.41) is 3.26. The molecule has 4 heteroatoms. The van der Waals surface area contributed by atoms with E-state index >= 15 is 0 Å². The smallest absolute Gasteiger partial charge is 0.234 e. The molecule has 2 aliphatic heterocycles. The van der Waals surface area contributed by atoms with Crippen molar-refractivity contribution in [1.82, 2.24) is 10.2 Å². The third-order valence-electron chi connectivity index (χ3n) is 6.92. The molecule has 0 bridgehead atoms. The molecule has 0 unspecified atom stereocenters. The van der Waals surface area contributed by atoms with Gasteiger partial charge in [0.05, 0.1) is 6.54 Å². The zero-order valence-electron chi connectivity index (χ0n) is 17.3. The van der Waals surface area contributed by atoms with Gasteiger partial charge in [0.25, 0.3) is 0 Å². The Bertz CT molecular complexity index is 787. The second-order valence-electron chi connectivity index (χ2n) is 8.55. The van der Waals surface area contributed by atoms with Gasteiger partial charge in [0.1, 0.15) is 0 Å². The quantitative estimate of drug-likeness (QED) is 0.814. The van der Waals surface area contributed by atoms with Crippen molar-refractivity contribution in [2.24, 2.45) is 0 Å². The SMILES string of the molecule is C[C@@H]1[C@@H](c2ccccc2)CCN1CC(=O)NCC1(c2ccccc2)CCOCC1. The lowest BCUT2D eigenvalue weighted by atomic mass is 9.74. The minimum Gasteiger partial charge on any atom is -0.381 e. The van der Waals surface area contributed by atoms with Gasteiger partial charge in [-0.3, -0.25) is 9.69 Å². The normalized spacial score (nSPS) is 24.3. The summed E-state index contributed by atoms with van der Waals surface area (Å²) in [5.74, 6) is 0.641. The number of benzene rings is 2. The van der Waals surface area contributed by atoms with Crippen LogP contribution in [0.1, 0.15) is 43.2 Å². The largest absolute Gasteiger partial charge is 0.381 e. The Morgan fingerprint density at radius 1 is 1.07 bits per heavy atom. The Hall–Kier alpha value is -2.17. The summed E-state index contributed by atoms with van der Waals surface area (Å²) in [5.41, 5.74) is 2.67. The maximum Gasteiger partial charge on any atom is 0.234 e. The standard InChI is InChI=1S/C25H32N2O2/c1-20-23(21-8-4-2-5-9-21)12-15-27(20)18-24(28)26-19-25(13-16-29-17-14-25)22-10-6-3-7-11-22/h2-11,20,23H,12-19H2,1H3,(H,26,28)/t20-,23+/m1/s1. The number of rotatable bonds is 6. The van der Waals surface area contributed by atoms with Crippen molar-refractivity contribution in [1.29, 1.82) is 0 Å². The first-order valence-corrected chi connectivity index (χ1v) is 10.9. The second-order valence-corrected chi connectivity index (χ2v) is 8.55. The van der Waals surface area contributed by atoms with Crippen molar-refractivity contribution in [3.63, 3.8) is 0 Å². The van der Waals surface area contributed by atoms with E-state index in [4.69, 9.17) is 4.74 Å². The summed E-state index contributed by atoms with van der Waals surface area (Å²) >= 11 is 0. The Morgan fingerprint density at radius 2 is 1.72 bits per heavy atom. The van der Waals surface area contributed by atoms with Crippen molar-refractivity contribution in [3.05, 3.63) is 71.8 Å². The molecule has 29 heavy (non-hydrogen) atoms. The maximum atomic E-state index is 12.8. The summed E-state index contributed by atoms with van der Waals surface area (Å²) in [6.45, 7) is 5.91. The van der Waals surface area contributed by atoms with Gasteiger partial charge in [0.15, 0.2) is 0 Å². The molecule has 2 atom stereocenters. The lowest BCUT2D eigenvalue weighted by molar-refractivity contribution is -0.122. The number of nitrogens with zero attached hydrogens (tertiary/aromatic N) is 1. The number of carbonyl (C=O) groups is 1. The van der Waals surface area contributed by atoms with Crippen molar-refractivity contribution in [3.8, 4) is 0 Å². The van der Waals surface area contributed by atoms with Crippen molar-refractivity contribution < 1.29 is 9.53 Å². The molecule has 2 fully saturated rings. The lowest BCUT2D eigenvalue weighted by Crippen LogP contribution is -2.47. The Balaban J connectivity index is 1.36. The van der Waals surface area contributed by atoms with Gasteiger partial charge >= 0.3 is 0 Å². The molecule has 2 aromatic rings. The first-order valence-electron chi connectivity index (χ1n) is 10.9. The average molecular weight is 393 g/mol. The Kier molecular flexibility index (Phi) is 6.31. The molecule has 0 aromatic heterocycles. The molecule has 0 saturated carbocycles. The number of carbonyl (C=O) groups excluding carboxylic acids is 1. The molecule has 2 heterocycles. The molecule has 2 aliphatic rings. The fraction of sp³-hybridized carbons (Fsp3) is 0.480. The van der Waals surface area contributed by atoms with Gasteiger partial charge in [-0.2, -0.15) is 0 Å². The number of ether oxygens (including phenoxy) is 1. The minimum absolute atomic E-state index is 0.0155. The first-order chi connectivity index (χ1) is 14.2. The van der Waals surface area contributed by atoms with Gasteiger partial charge in [-0.25, -0.2) is 0 Å². The zero-order chi connectivity index (χ0) is 20.1. The molecule has 0 radical (unpaired) electrons. The molecule has 2 saturated heterocycles. The molecular weight excluding hydrogens is 360 g/mol. The molecule has 2 aromatic carbocycles. The van der Waals surface area contributed by atoms with E-state index in [0.29, 0.717) is 25.0 Å². The number of likely N-dealkylation sites (tertiary alicyclic amines) is 1. The van der Waals surface area contributed by atoms with Gasteiger partial charge in [-0.1, -0.05) is 60.7 Å². The van der Waals surface area contributed by atoms with Crippen LogP contribution in [0.15, 0.2) is 60.7 Å². The van der Waals surface area contributed by atoms with Crippen LogP contribution in [0, 0.1) is 0 Å². The van der Waals surface area contributed by atoms with Gasteiger partial charge in [-0.15, -0.1) is 0 Å². The fourth-order valence-corrected chi connectivity index (χ4v) is 5.00. The second kappa shape index (κ2) is 9.10. The van der Waals surface area contributed by atoms with Crippen molar-refractivity contribution in [2.75, 3.05) is 32.8 Å². The number of amides is 1. The summed E-state index contributed by atoms with van der Waals surface area (Å²) < 4.78 is 5.61. The molecule has 1 N–H and O–H groups in total. The van der Waals surface area contributed by atoms with Crippen molar-refractivity contribution in [2.45, 2.75) is 43.6 Å². The van der Waals surface area contributed by atoms with E-state index in [1.807, 2.05) is 6.07 Å². The van der Waals surface area contributed by atoms with Crippen LogP contribution in [-0.4, -0.2) is 49.7 Å². The van der Waals surface area contributed by atoms with Crippen LogP contribution >= 0.6 is 0 Å². The topological polar surface area (TPSA) is 41.6 Å². The predicted molar refractivity (Wildman–Crippen MR) is 116 cm³/mol. The van der Waals surface area contributed by atoms with Crippen LogP contribution in [0.4, 0.5) is 0 Å². The summed E-state index contributed by atoms with van der Waals surface area (Å²) in [4.78, 5) is 15.1. The molecular formula is C25H32N2O2. The molecule has 4 rings (SSSR count). The summed E-state index contributed by atoms with van der Waals surface area (Å²) in [6, 6.07) is 21.7. The van der Waals surface area contributed by atoms with E-state index in [1.165, 1.54) is 11.1 Å². The molecule has 4 nitrogen and oxygen atoms in total. The number of nitrogens with one attached hydrogen (secondary N) is 1. The van der Waals surface area contributed by atoms with E-state index in [-0.39, 0.29) is 11.3 Å². The molecule has 154 valence electrons. The number of hydrogen-bond donors (Lipinski definition) is 1. The Labute approximate surface area is 174 Å². The Morgan fingerprint density at radius 3 is 2.41 bits per heavy atom. The minimum atomic E-state index is -0.0155. The van der Waals surface area contributed by atoms with Gasteiger partial charge in [0, 0.05) is 37.1 Å². The highest BCUT2D eigenvalue weighted by Crippen LogP contribution is 2.35. The fourth-order valence-electron chi connectivity index (χ4n) is 5.00. The first kappa shape index (κ1) is 20.1. The number of hydrogen-bond acceptors (Lipinski definition) is 3. The van der Waals surface area contributed by atoms with Crippen LogP contribution in [0.25, 0.3) is 0 Å². The summed E-state index contributed by atoms with van der Waals surface area (Å²) in [7, 11) is 0. The van der Waals surface area contributed by atoms with Gasteiger partial charge < -0.3 is 10.1 Å². The monoisotopic (exact) mass is 392 g/mol.